The SMILES string of the molecule is CCCNc1nc(NCC(=O)OC)nc(-n2cccn2)n1. The van der Waals surface area contributed by atoms with Gasteiger partial charge in [0, 0.05) is 18.9 Å². The standard InChI is InChI=1S/C12H17N7O2/c1-3-5-13-10-16-11(14-8-9(20)21-2)18-12(17-10)19-7-4-6-15-19/h4,6-7H,3,5,8H2,1-2H3,(H2,13,14,16,17,18). The molecule has 0 saturated carbocycles. The minimum Gasteiger partial charge on any atom is -0.468 e. The highest BCUT2D eigenvalue weighted by atomic mass is 16.5. The van der Waals surface area contributed by atoms with Gasteiger partial charge in [-0.05, 0) is 12.5 Å². The minimum atomic E-state index is -0.404. The molecule has 2 N–H and O–H groups in total. The summed E-state index contributed by atoms with van der Waals surface area (Å²) in [7, 11) is 1.32. The predicted octanol–water partition coefficient (Wildman–Crippen LogP) is 0.464. The minimum absolute atomic E-state index is 0.0215. The summed E-state index contributed by atoms with van der Waals surface area (Å²) in [6.07, 6.45) is 4.29. The topological polar surface area (TPSA) is 107 Å². The Labute approximate surface area is 121 Å². The summed E-state index contributed by atoms with van der Waals surface area (Å²) in [5, 5.41) is 9.95. The van der Waals surface area contributed by atoms with Crippen LogP contribution in [0.2, 0.25) is 0 Å². The first-order valence-electron chi connectivity index (χ1n) is 6.53. The van der Waals surface area contributed by atoms with Crippen LogP contribution in [0.3, 0.4) is 0 Å². The molecular weight excluding hydrogens is 274 g/mol. The normalized spacial score (nSPS) is 10.2. The number of aromatic nitrogens is 5. The van der Waals surface area contributed by atoms with Gasteiger partial charge in [0.1, 0.15) is 6.54 Å². The first-order chi connectivity index (χ1) is 10.2. The molecule has 0 amide bonds. The highest BCUT2D eigenvalue weighted by Crippen LogP contribution is 2.08. The average Bonchev–Trinajstić information content (AvgIpc) is 3.04. The van der Waals surface area contributed by atoms with E-state index in [1.807, 2.05) is 6.92 Å². The molecule has 2 rings (SSSR count). The van der Waals surface area contributed by atoms with Gasteiger partial charge in [-0.2, -0.15) is 20.1 Å². The zero-order valence-corrected chi connectivity index (χ0v) is 11.9. The van der Waals surface area contributed by atoms with Crippen LogP contribution in [0, 0.1) is 0 Å². The lowest BCUT2D eigenvalue weighted by molar-refractivity contribution is -0.138. The van der Waals surface area contributed by atoms with Crippen molar-refractivity contribution in [1.82, 2.24) is 24.7 Å². The predicted molar refractivity (Wildman–Crippen MR) is 76.2 cm³/mol. The molecule has 9 heteroatoms. The number of carbonyl (C=O) groups is 1. The highest BCUT2D eigenvalue weighted by molar-refractivity contribution is 5.74. The van der Waals surface area contributed by atoms with Gasteiger partial charge in [0.2, 0.25) is 11.9 Å². The molecule has 0 aliphatic carbocycles. The van der Waals surface area contributed by atoms with Gasteiger partial charge in [0.15, 0.2) is 0 Å². The van der Waals surface area contributed by atoms with E-state index in [1.165, 1.54) is 11.8 Å². The molecule has 0 aromatic carbocycles. The Kier molecular flexibility index (Phi) is 5.02. The first kappa shape index (κ1) is 14.7. The van der Waals surface area contributed by atoms with Crippen LogP contribution < -0.4 is 10.6 Å². The van der Waals surface area contributed by atoms with Crippen molar-refractivity contribution < 1.29 is 9.53 Å². The van der Waals surface area contributed by atoms with E-state index in [0.29, 0.717) is 11.9 Å². The monoisotopic (exact) mass is 291 g/mol. The second-order valence-electron chi connectivity index (χ2n) is 4.09. The third-order valence-corrected chi connectivity index (χ3v) is 2.48. The number of carbonyl (C=O) groups excluding carboxylic acids is 1. The number of esters is 1. The molecule has 0 bridgehead atoms. The Balaban J connectivity index is 2.22. The molecule has 0 unspecified atom stereocenters. The van der Waals surface area contributed by atoms with Gasteiger partial charge in [0.25, 0.3) is 5.95 Å². The Bertz CT molecular complexity index is 585. The summed E-state index contributed by atoms with van der Waals surface area (Å²) in [6, 6.07) is 1.77. The number of anilines is 2. The maximum Gasteiger partial charge on any atom is 0.325 e. The van der Waals surface area contributed by atoms with Gasteiger partial charge in [-0.3, -0.25) is 4.79 Å². The van der Waals surface area contributed by atoms with E-state index in [-0.39, 0.29) is 12.5 Å². The quantitative estimate of drug-likeness (QED) is 0.709. The number of ether oxygens (including phenoxy) is 1. The summed E-state index contributed by atoms with van der Waals surface area (Å²) in [5.41, 5.74) is 0. The van der Waals surface area contributed by atoms with Crippen LogP contribution in [0.15, 0.2) is 18.5 Å². The molecule has 2 heterocycles. The zero-order valence-electron chi connectivity index (χ0n) is 11.9. The molecular formula is C12H17N7O2. The van der Waals surface area contributed by atoms with Crippen LogP contribution >= 0.6 is 0 Å². The van der Waals surface area contributed by atoms with Crippen LogP contribution in [-0.2, 0) is 9.53 Å². The fraction of sp³-hybridized carbons (Fsp3) is 0.417. The van der Waals surface area contributed by atoms with Crippen molar-refractivity contribution in [3.63, 3.8) is 0 Å². The van der Waals surface area contributed by atoms with Gasteiger partial charge in [-0.15, -0.1) is 0 Å². The van der Waals surface area contributed by atoms with Crippen molar-refractivity contribution in [3.8, 4) is 5.95 Å². The smallest absolute Gasteiger partial charge is 0.325 e. The largest absolute Gasteiger partial charge is 0.468 e. The Morgan fingerprint density at radius 2 is 2.05 bits per heavy atom. The van der Waals surface area contributed by atoms with E-state index in [1.54, 1.807) is 18.5 Å². The number of methoxy groups -OCH3 is 1. The maximum absolute atomic E-state index is 11.2. The van der Waals surface area contributed by atoms with Crippen LogP contribution in [0.5, 0.6) is 0 Å². The lowest BCUT2D eigenvalue weighted by Gasteiger charge is -2.09. The molecule has 21 heavy (non-hydrogen) atoms. The van der Waals surface area contributed by atoms with Gasteiger partial charge in [-0.1, -0.05) is 6.92 Å². The zero-order chi connectivity index (χ0) is 15.1. The first-order valence-corrected chi connectivity index (χ1v) is 6.53. The molecule has 0 radical (unpaired) electrons. The molecule has 0 aliphatic rings. The number of hydrogen-bond donors (Lipinski definition) is 2. The van der Waals surface area contributed by atoms with Gasteiger partial charge in [-0.25, -0.2) is 4.68 Å². The Morgan fingerprint density at radius 3 is 2.67 bits per heavy atom. The van der Waals surface area contributed by atoms with Crippen LogP contribution in [0.1, 0.15) is 13.3 Å². The van der Waals surface area contributed by atoms with E-state index in [2.05, 4.69) is 35.4 Å². The highest BCUT2D eigenvalue weighted by Gasteiger charge is 2.09. The average molecular weight is 291 g/mol. The number of hydrogen-bond acceptors (Lipinski definition) is 8. The van der Waals surface area contributed by atoms with E-state index in [0.717, 1.165) is 13.0 Å². The molecule has 0 aliphatic heterocycles. The summed E-state index contributed by atoms with van der Waals surface area (Å²) >= 11 is 0. The van der Waals surface area contributed by atoms with Crippen molar-refractivity contribution in [2.75, 3.05) is 30.8 Å². The van der Waals surface area contributed by atoms with Crippen molar-refractivity contribution in [1.29, 1.82) is 0 Å². The van der Waals surface area contributed by atoms with Crippen LogP contribution in [0.25, 0.3) is 5.95 Å². The molecule has 2 aromatic heterocycles. The van der Waals surface area contributed by atoms with Crippen molar-refractivity contribution in [3.05, 3.63) is 18.5 Å². The Hall–Kier alpha value is -2.71. The van der Waals surface area contributed by atoms with Crippen LogP contribution in [-0.4, -0.2) is 50.9 Å². The molecule has 0 atom stereocenters. The summed E-state index contributed by atoms with van der Waals surface area (Å²) in [5.74, 6) is 0.657. The van der Waals surface area contributed by atoms with E-state index < -0.39 is 5.97 Å². The molecule has 2 aromatic rings. The third-order valence-electron chi connectivity index (χ3n) is 2.48. The summed E-state index contributed by atoms with van der Waals surface area (Å²) in [6.45, 7) is 2.75. The molecule has 112 valence electrons. The van der Waals surface area contributed by atoms with Gasteiger partial charge >= 0.3 is 5.97 Å². The fourth-order valence-corrected chi connectivity index (χ4v) is 1.47. The Morgan fingerprint density at radius 1 is 1.29 bits per heavy atom. The maximum atomic E-state index is 11.2. The molecule has 9 nitrogen and oxygen atoms in total. The summed E-state index contributed by atoms with van der Waals surface area (Å²) in [4.78, 5) is 23.8. The molecule has 0 fully saturated rings. The van der Waals surface area contributed by atoms with Gasteiger partial charge in [0.05, 0.1) is 7.11 Å². The van der Waals surface area contributed by atoms with Crippen molar-refractivity contribution in [2.45, 2.75) is 13.3 Å². The van der Waals surface area contributed by atoms with E-state index in [4.69, 9.17) is 0 Å². The molecule has 0 spiro atoms. The second-order valence-corrected chi connectivity index (χ2v) is 4.09. The van der Waals surface area contributed by atoms with E-state index >= 15 is 0 Å². The molecule has 0 saturated heterocycles. The fourth-order valence-electron chi connectivity index (χ4n) is 1.47. The lowest BCUT2D eigenvalue weighted by Crippen LogP contribution is -2.18. The van der Waals surface area contributed by atoms with Gasteiger partial charge < -0.3 is 15.4 Å². The summed E-state index contributed by atoms with van der Waals surface area (Å²) < 4.78 is 6.08. The number of nitrogens with one attached hydrogen (secondary N) is 2. The van der Waals surface area contributed by atoms with E-state index in [9.17, 15) is 4.79 Å². The second kappa shape index (κ2) is 7.17. The van der Waals surface area contributed by atoms with Crippen molar-refractivity contribution >= 4 is 17.9 Å². The number of rotatable bonds is 7. The van der Waals surface area contributed by atoms with Crippen LogP contribution in [0.4, 0.5) is 11.9 Å². The number of nitrogens with zero attached hydrogens (tertiary/aromatic N) is 5. The van der Waals surface area contributed by atoms with Crippen molar-refractivity contribution in [2.24, 2.45) is 0 Å². The lowest BCUT2D eigenvalue weighted by atomic mass is 10.5. The third kappa shape index (κ3) is 4.13.